The van der Waals surface area contributed by atoms with Crippen LogP contribution >= 0.6 is 15.9 Å². The lowest BCUT2D eigenvalue weighted by Gasteiger charge is -2.26. The second kappa shape index (κ2) is 7.98. The van der Waals surface area contributed by atoms with Crippen LogP contribution in [0.15, 0.2) is 34.8 Å². The summed E-state index contributed by atoms with van der Waals surface area (Å²) in [5, 5.41) is 2.72. The molecule has 1 atom stereocenters. The van der Waals surface area contributed by atoms with E-state index in [1.54, 1.807) is 13.0 Å². The molecule has 0 aliphatic heterocycles. The van der Waals surface area contributed by atoms with Gasteiger partial charge in [0.2, 0.25) is 5.91 Å². The van der Waals surface area contributed by atoms with E-state index in [1.165, 1.54) is 13.2 Å². The molecular weight excluding hydrogens is 334 g/mol. The van der Waals surface area contributed by atoms with Crippen LogP contribution < -0.4 is 5.32 Å². The van der Waals surface area contributed by atoms with Crippen molar-refractivity contribution in [3.05, 3.63) is 40.4 Å². The summed E-state index contributed by atoms with van der Waals surface area (Å²) in [5.74, 6) is -0.756. The van der Waals surface area contributed by atoms with Crippen LogP contribution in [0.5, 0.6) is 0 Å². The van der Waals surface area contributed by atoms with Crippen molar-refractivity contribution >= 4 is 33.9 Å². The molecule has 0 bridgehead atoms. The van der Waals surface area contributed by atoms with Crippen molar-refractivity contribution in [3.8, 4) is 0 Å². The second-order valence-electron chi connectivity index (χ2n) is 4.95. The Morgan fingerprint density at radius 3 is 2.48 bits per heavy atom. The van der Waals surface area contributed by atoms with Crippen molar-refractivity contribution < 1.29 is 14.3 Å². The monoisotopic (exact) mass is 353 g/mol. The van der Waals surface area contributed by atoms with Crippen molar-refractivity contribution in [2.45, 2.75) is 32.2 Å². The maximum absolute atomic E-state index is 12.0. The molecule has 0 fully saturated rings. The van der Waals surface area contributed by atoms with Crippen LogP contribution in [0.4, 0.5) is 0 Å². The Labute approximate surface area is 133 Å². The minimum atomic E-state index is -0.995. The Hall–Kier alpha value is -1.62. The van der Waals surface area contributed by atoms with E-state index in [1.807, 2.05) is 31.2 Å². The van der Waals surface area contributed by atoms with Gasteiger partial charge in [-0.2, -0.15) is 0 Å². The van der Waals surface area contributed by atoms with Crippen LogP contribution in [0, 0.1) is 0 Å². The van der Waals surface area contributed by atoms with Crippen LogP contribution in [0.2, 0.25) is 0 Å². The summed E-state index contributed by atoms with van der Waals surface area (Å²) in [5.41, 5.74) is -0.0893. The molecule has 114 valence electrons. The van der Waals surface area contributed by atoms with E-state index in [2.05, 4.69) is 21.2 Å². The number of amides is 1. The van der Waals surface area contributed by atoms with E-state index in [4.69, 9.17) is 4.74 Å². The number of ether oxygens (including phenoxy) is 1. The number of esters is 1. The number of hydrogen-bond donors (Lipinski definition) is 1. The maximum Gasteiger partial charge on any atom is 0.331 e. The molecular formula is C16H20BrNO3. The number of rotatable bonds is 6. The minimum absolute atomic E-state index is 0.320. The summed E-state index contributed by atoms with van der Waals surface area (Å²) in [6, 6.07) is 7.57. The zero-order chi connectivity index (χ0) is 15.9. The summed E-state index contributed by atoms with van der Waals surface area (Å²) in [7, 11) is 1.32. The third-order valence-corrected chi connectivity index (χ3v) is 3.61. The van der Waals surface area contributed by atoms with E-state index < -0.39 is 11.5 Å². The van der Waals surface area contributed by atoms with Gasteiger partial charge in [0, 0.05) is 10.5 Å². The van der Waals surface area contributed by atoms with Crippen LogP contribution in [0.1, 0.15) is 32.3 Å². The van der Waals surface area contributed by atoms with Crippen molar-refractivity contribution in [3.63, 3.8) is 0 Å². The van der Waals surface area contributed by atoms with Gasteiger partial charge in [-0.25, -0.2) is 4.79 Å². The van der Waals surface area contributed by atoms with Gasteiger partial charge in [0.15, 0.2) is 0 Å². The highest BCUT2D eigenvalue weighted by atomic mass is 79.9. The summed E-state index contributed by atoms with van der Waals surface area (Å²) in [6.07, 6.45) is 4.41. The number of carbonyl (C=O) groups excluding carboxylic acids is 2. The fourth-order valence-corrected chi connectivity index (χ4v) is 2.26. The summed E-state index contributed by atoms with van der Waals surface area (Å²) < 4.78 is 5.74. The maximum atomic E-state index is 12.0. The van der Waals surface area contributed by atoms with Gasteiger partial charge in [0.05, 0.1) is 7.11 Å². The molecule has 0 saturated carbocycles. The first-order valence-electron chi connectivity index (χ1n) is 6.75. The predicted molar refractivity (Wildman–Crippen MR) is 86.6 cm³/mol. The highest BCUT2D eigenvalue weighted by Crippen LogP contribution is 2.15. The van der Waals surface area contributed by atoms with Crippen LogP contribution in [-0.2, 0) is 14.3 Å². The van der Waals surface area contributed by atoms with Gasteiger partial charge < -0.3 is 10.1 Å². The lowest BCUT2D eigenvalue weighted by atomic mass is 9.96. The van der Waals surface area contributed by atoms with Crippen LogP contribution in [0.3, 0.4) is 0 Å². The SMILES string of the molecule is CCCC(C)(NC(=O)/C=C/c1ccc(Br)cc1)C(=O)OC. The lowest BCUT2D eigenvalue weighted by Crippen LogP contribution is -2.52. The van der Waals surface area contributed by atoms with Gasteiger partial charge >= 0.3 is 5.97 Å². The highest BCUT2D eigenvalue weighted by molar-refractivity contribution is 9.10. The minimum Gasteiger partial charge on any atom is -0.467 e. The molecule has 4 nitrogen and oxygen atoms in total. The third-order valence-electron chi connectivity index (χ3n) is 3.08. The standard InChI is InChI=1S/C16H20BrNO3/c1-4-11-16(2,15(20)21-3)18-14(19)10-7-12-5-8-13(17)9-6-12/h5-10H,4,11H2,1-3H3,(H,18,19)/b10-7+. The topological polar surface area (TPSA) is 55.4 Å². The molecule has 1 N–H and O–H groups in total. The molecule has 0 saturated heterocycles. The molecule has 0 aliphatic rings. The molecule has 5 heteroatoms. The molecule has 1 unspecified atom stereocenters. The number of nitrogens with one attached hydrogen (secondary N) is 1. The first-order chi connectivity index (χ1) is 9.91. The molecule has 0 heterocycles. The highest BCUT2D eigenvalue weighted by Gasteiger charge is 2.34. The van der Waals surface area contributed by atoms with Crippen molar-refractivity contribution in [1.82, 2.24) is 5.32 Å². The number of carbonyl (C=O) groups is 2. The van der Waals surface area contributed by atoms with E-state index >= 15 is 0 Å². The molecule has 0 aliphatic carbocycles. The second-order valence-corrected chi connectivity index (χ2v) is 5.86. The Kier molecular flexibility index (Phi) is 6.62. The quantitative estimate of drug-likeness (QED) is 0.630. The first-order valence-corrected chi connectivity index (χ1v) is 7.55. The van der Waals surface area contributed by atoms with Crippen molar-refractivity contribution in [1.29, 1.82) is 0 Å². The fraction of sp³-hybridized carbons (Fsp3) is 0.375. The predicted octanol–water partition coefficient (Wildman–Crippen LogP) is 3.31. The van der Waals surface area contributed by atoms with Gasteiger partial charge in [-0.1, -0.05) is 41.4 Å². The number of methoxy groups -OCH3 is 1. The van der Waals surface area contributed by atoms with E-state index in [0.29, 0.717) is 6.42 Å². The Morgan fingerprint density at radius 2 is 1.95 bits per heavy atom. The fourth-order valence-electron chi connectivity index (χ4n) is 2.00. The van der Waals surface area contributed by atoms with E-state index in [0.717, 1.165) is 16.5 Å². The molecule has 21 heavy (non-hydrogen) atoms. The number of halogens is 1. The normalized spacial score (nSPS) is 13.7. The number of benzene rings is 1. The van der Waals surface area contributed by atoms with Crippen LogP contribution in [0.25, 0.3) is 6.08 Å². The molecule has 1 rings (SSSR count). The third kappa shape index (κ3) is 5.34. The number of hydrogen-bond acceptors (Lipinski definition) is 3. The molecule has 0 radical (unpaired) electrons. The molecule has 1 aromatic carbocycles. The van der Waals surface area contributed by atoms with Gasteiger partial charge in [0.1, 0.15) is 5.54 Å². The Balaban J connectivity index is 2.74. The molecule has 0 aromatic heterocycles. The summed E-state index contributed by atoms with van der Waals surface area (Å²) in [4.78, 5) is 23.8. The molecule has 1 amide bonds. The lowest BCUT2D eigenvalue weighted by molar-refractivity contribution is -0.150. The first kappa shape index (κ1) is 17.4. The summed E-state index contributed by atoms with van der Waals surface area (Å²) in [6.45, 7) is 3.62. The summed E-state index contributed by atoms with van der Waals surface area (Å²) >= 11 is 3.35. The van der Waals surface area contributed by atoms with E-state index in [-0.39, 0.29) is 5.91 Å². The van der Waals surface area contributed by atoms with Crippen LogP contribution in [-0.4, -0.2) is 24.5 Å². The van der Waals surface area contributed by atoms with E-state index in [9.17, 15) is 9.59 Å². The molecule has 1 aromatic rings. The average molecular weight is 354 g/mol. The average Bonchev–Trinajstić information content (AvgIpc) is 2.46. The largest absolute Gasteiger partial charge is 0.467 e. The molecule has 0 spiro atoms. The van der Waals surface area contributed by atoms with Gasteiger partial charge in [-0.3, -0.25) is 4.79 Å². The Morgan fingerprint density at radius 1 is 1.33 bits per heavy atom. The zero-order valence-corrected chi connectivity index (χ0v) is 14.1. The van der Waals surface area contributed by atoms with Gasteiger partial charge in [0.25, 0.3) is 0 Å². The zero-order valence-electron chi connectivity index (χ0n) is 12.5. The van der Waals surface area contributed by atoms with Gasteiger partial charge in [-0.05, 0) is 37.1 Å². The Bertz CT molecular complexity index is 525. The van der Waals surface area contributed by atoms with Gasteiger partial charge in [-0.15, -0.1) is 0 Å². The van der Waals surface area contributed by atoms with Crippen molar-refractivity contribution in [2.24, 2.45) is 0 Å². The smallest absolute Gasteiger partial charge is 0.331 e. The van der Waals surface area contributed by atoms with Crippen molar-refractivity contribution in [2.75, 3.05) is 7.11 Å².